The van der Waals surface area contributed by atoms with E-state index in [0.29, 0.717) is 6.04 Å². The quantitative estimate of drug-likeness (QED) is 0.664. The largest absolute Gasteiger partial charge is 0.395 e. The van der Waals surface area contributed by atoms with Crippen molar-refractivity contribution in [3.05, 3.63) is 0 Å². The van der Waals surface area contributed by atoms with E-state index in [1.54, 1.807) is 0 Å². The highest BCUT2D eigenvalue weighted by atomic mass is 32.2. The summed E-state index contributed by atoms with van der Waals surface area (Å²) in [4.78, 5) is 0. The van der Waals surface area contributed by atoms with E-state index in [0.717, 1.165) is 11.8 Å². The smallest absolute Gasteiger partial charge is 0.0556 e. The van der Waals surface area contributed by atoms with Crippen LogP contribution in [0.1, 0.15) is 19.3 Å². The molecule has 2 N–H and O–H groups in total. The Morgan fingerprint density at radius 3 is 2.91 bits per heavy atom. The van der Waals surface area contributed by atoms with E-state index < -0.39 is 0 Å². The van der Waals surface area contributed by atoms with Crippen LogP contribution in [0.2, 0.25) is 0 Å². The van der Waals surface area contributed by atoms with Gasteiger partial charge in [-0.25, -0.2) is 0 Å². The van der Waals surface area contributed by atoms with Crippen LogP contribution >= 0.6 is 11.8 Å². The Morgan fingerprint density at radius 1 is 1.55 bits per heavy atom. The van der Waals surface area contributed by atoms with Gasteiger partial charge in [0.1, 0.15) is 0 Å². The van der Waals surface area contributed by atoms with Crippen molar-refractivity contribution in [1.29, 1.82) is 0 Å². The van der Waals surface area contributed by atoms with Crippen LogP contribution in [-0.4, -0.2) is 35.8 Å². The van der Waals surface area contributed by atoms with Crippen molar-refractivity contribution in [2.24, 2.45) is 0 Å². The van der Waals surface area contributed by atoms with Crippen molar-refractivity contribution in [2.45, 2.75) is 30.6 Å². The van der Waals surface area contributed by atoms with Crippen LogP contribution < -0.4 is 5.32 Å². The average Bonchev–Trinajstić information content (AvgIpc) is 2.48. The van der Waals surface area contributed by atoms with Crippen molar-refractivity contribution in [1.82, 2.24) is 5.32 Å². The first-order valence-corrected chi connectivity index (χ1v) is 5.52. The van der Waals surface area contributed by atoms with E-state index in [-0.39, 0.29) is 6.61 Å². The van der Waals surface area contributed by atoms with Gasteiger partial charge in [0.15, 0.2) is 0 Å². The minimum Gasteiger partial charge on any atom is -0.395 e. The number of aliphatic hydroxyl groups is 1. The van der Waals surface area contributed by atoms with Crippen LogP contribution in [0.15, 0.2) is 0 Å². The lowest BCUT2D eigenvalue weighted by atomic mass is 10.2. The standard InChI is InChI=1S/C8H17NOS/c1-11-8-3-2-7(6-8)9-4-5-10/h7-10H,2-6H2,1H3. The highest BCUT2D eigenvalue weighted by Crippen LogP contribution is 2.27. The van der Waals surface area contributed by atoms with E-state index in [9.17, 15) is 0 Å². The first kappa shape index (κ1) is 9.36. The summed E-state index contributed by atoms with van der Waals surface area (Å²) in [7, 11) is 0. The molecular formula is C8H17NOS. The molecule has 0 heterocycles. The fourth-order valence-corrected chi connectivity index (χ4v) is 2.40. The number of hydrogen-bond acceptors (Lipinski definition) is 3. The average molecular weight is 175 g/mol. The van der Waals surface area contributed by atoms with Crippen molar-refractivity contribution in [3.63, 3.8) is 0 Å². The van der Waals surface area contributed by atoms with Gasteiger partial charge in [-0.15, -0.1) is 0 Å². The third-order valence-electron chi connectivity index (χ3n) is 2.26. The SMILES string of the molecule is CSC1CCC(NCCO)C1. The molecule has 1 rings (SSSR count). The maximum absolute atomic E-state index is 8.58. The Kier molecular flexibility index (Phi) is 4.26. The molecule has 0 aromatic rings. The fourth-order valence-electron chi connectivity index (χ4n) is 1.61. The predicted octanol–water partition coefficient (Wildman–Crippen LogP) is 0.852. The van der Waals surface area contributed by atoms with E-state index >= 15 is 0 Å². The Bertz CT molecular complexity index is 110. The molecule has 0 saturated heterocycles. The first-order valence-electron chi connectivity index (χ1n) is 4.24. The number of rotatable bonds is 4. The summed E-state index contributed by atoms with van der Waals surface area (Å²) in [6.07, 6.45) is 6.08. The molecule has 0 aromatic carbocycles. The Morgan fingerprint density at radius 2 is 2.36 bits per heavy atom. The van der Waals surface area contributed by atoms with Crippen LogP contribution in [0.25, 0.3) is 0 Å². The van der Waals surface area contributed by atoms with Gasteiger partial charge in [0.05, 0.1) is 6.61 Å². The molecule has 1 aliphatic carbocycles. The molecule has 2 nitrogen and oxygen atoms in total. The second-order valence-electron chi connectivity index (χ2n) is 3.05. The van der Waals surface area contributed by atoms with Gasteiger partial charge in [-0.3, -0.25) is 0 Å². The van der Waals surface area contributed by atoms with Gasteiger partial charge in [0, 0.05) is 17.8 Å². The number of nitrogens with one attached hydrogen (secondary N) is 1. The highest BCUT2D eigenvalue weighted by Gasteiger charge is 2.22. The zero-order valence-electron chi connectivity index (χ0n) is 7.05. The van der Waals surface area contributed by atoms with Gasteiger partial charge in [-0.1, -0.05) is 0 Å². The van der Waals surface area contributed by atoms with Gasteiger partial charge in [0.25, 0.3) is 0 Å². The number of hydrogen-bond donors (Lipinski definition) is 2. The van der Waals surface area contributed by atoms with Crippen molar-refractivity contribution < 1.29 is 5.11 Å². The minimum atomic E-state index is 0.264. The molecule has 3 heteroatoms. The summed E-state index contributed by atoms with van der Waals surface area (Å²) in [5, 5.41) is 12.8. The summed E-state index contributed by atoms with van der Waals surface area (Å²) in [5.74, 6) is 0. The Labute approximate surface area is 72.8 Å². The predicted molar refractivity (Wildman–Crippen MR) is 50.0 cm³/mol. The molecule has 0 spiro atoms. The second-order valence-corrected chi connectivity index (χ2v) is 4.18. The summed E-state index contributed by atoms with van der Waals surface area (Å²) < 4.78 is 0. The van der Waals surface area contributed by atoms with Gasteiger partial charge in [0.2, 0.25) is 0 Å². The van der Waals surface area contributed by atoms with Crippen molar-refractivity contribution >= 4 is 11.8 Å². The normalized spacial score (nSPS) is 31.1. The topological polar surface area (TPSA) is 32.3 Å². The van der Waals surface area contributed by atoms with E-state index in [4.69, 9.17) is 5.11 Å². The first-order chi connectivity index (χ1) is 5.36. The molecule has 0 bridgehead atoms. The lowest BCUT2D eigenvalue weighted by molar-refractivity contribution is 0.284. The molecule has 0 aliphatic heterocycles. The molecule has 1 fully saturated rings. The highest BCUT2D eigenvalue weighted by molar-refractivity contribution is 7.99. The molecule has 2 unspecified atom stereocenters. The van der Waals surface area contributed by atoms with Crippen molar-refractivity contribution in [2.75, 3.05) is 19.4 Å². The van der Waals surface area contributed by atoms with E-state index in [2.05, 4.69) is 11.6 Å². The fraction of sp³-hybridized carbons (Fsp3) is 1.00. The molecular weight excluding hydrogens is 158 g/mol. The number of thioether (sulfide) groups is 1. The molecule has 2 atom stereocenters. The maximum atomic E-state index is 8.58. The Balaban J connectivity index is 2.09. The van der Waals surface area contributed by atoms with Crippen molar-refractivity contribution in [3.8, 4) is 0 Å². The zero-order chi connectivity index (χ0) is 8.10. The van der Waals surface area contributed by atoms with Gasteiger partial charge < -0.3 is 10.4 Å². The number of aliphatic hydroxyl groups excluding tert-OH is 1. The molecule has 66 valence electrons. The summed E-state index contributed by atoms with van der Waals surface area (Å²) in [5.41, 5.74) is 0. The summed E-state index contributed by atoms with van der Waals surface area (Å²) >= 11 is 1.97. The molecule has 11 heavy (non-hydrogen) atoms. The monoisotopic (exact) mass is 175 g/mol. The van der Waals surface area contributed by atoms with Crippen LogP contribution in [0.3, 0.4) is 0 Å². The van der Waals surface area contributed by atoms with Gasteiger partial charge in [-0.2, -0.15) is 11.8 Å². The lowest BCUT2D eigenvalue weighted by Gasteiger charge is -2.10. The van der Waals surface area contributed by atoms with Crippen LogP contribution in [-0.2, 0) is 0 Å². The molecule has 0 radical (unpaired) electrons. The molecule has 1 saturated carbocycles. The second kappa shape index (κ2) is 5.01. The van der Waals surface area contributed by atoms with Crippen LogP contribution in [0, 0.1) is 0 Å². The lowest BCUT2D eigenvalue weighted by Crippen LogP contribution is -2.29. The van der Waals surface area contributed by atoms with Gasteiger partial charge in [-0.05, 0) is 25.5 Å². The van der Waals surface area contributed by atoms with Gasteiger partial charge >= 0.3 is 0 Å². The Hall–Kier alpha value is 0.270. The van der Waals surface area contributed by atoms with E-state index in [1.807, 2.05) is 11.8 Å². The zero-order valence-corrected chi connectivity index (χ0v) is 7.86. The minimum absolute atomic E-state index is 0.264. The van der Waals surface area contributed by atoms with Crippen LogP contribution in [0.4, 0.5) is 0 Å². The van der Waals surface area contributed by atoms with Crippen LogP contribution in [0.5, 0.6) is 0 Å². The summed E-state index contributed by atoms with van der Waals surface area (Å²) in [6, 6.07) is 0.666. The molecule has 1 aliphatic rings. The molecule has 0 amide bonds. The third-order valence-corrected chi connectivity index (χ3v) is 3.36. The third kappa shape index (κ3) is 3.01. The summed E-state index contributed by atoms with van der Waals surface area (Å²) in [6.45, 7) is 1.02. The molecule has 0 aromatic heterocycles. The maximum Gasteiger partial charge on any atom is 0.0556 e. The van der Waals surface area contributed by atoms with E-state index in [1.165, 1.54) is 19.3 Å².